The lowest BCUT2D eigenvalue weighted by Crippen LogP contribution is -2.17. The molecule has 144 valence electrons. The first-order chi connectivity index (χ1) is 13.7. The minimum atomic E-state index is -0.144. The third kappa shape index (κ3) is 6.02. The van der Waals surface area contributed by atoms with E-state index in [1.54, 1.807) is 13.2 Å². The molecule has 2 aromatic carbocycles. The number of hydrogen-bond acceptors (Lipinski definition) is 5. The van der Waals surface area contributed by atoms with Crippen LogP contribution < -0.4 is 14.9 Å². The Bertz CT molecular complexity index is 902. The Morgan fingerprint density at radius 3 is 2.54 bits per heavy atom. The smallest absolute Gasteiger partial charge is 0.240 e. The van der Waals surface area contributed by atoms with Gasteiger partial charge >= 0.3 is 0 Å². The van der Waals surface area contributed by atoms with Gasteiger partial charge in [0.05, 0.1) is 13.3 Å². The molecule has 3 rings (SSSR count). The molecule has 0 radical (unpaired) electrons. The lowest BCUT2D eigenvalue weighted by Gasteiger charge is -2.05. The molecule has 0 saturated carbocycles. The van der Waals surface area contributed by atoms with E-state index in [2.05, 4.69) is 10.5 Å². The third-order valence-corrected chi connectivity index (χ3v) is 3.99. The minimum Gasteiger partial charge on any atom is -0.497 e. The molecule has 0 bridgehead atoms. The van der Waals surface area contributed by atoms with Crippen LogP contribution in [0, 0.1) is 0 Å². The average molecular weight is 378 g/mol. The van der Waals surface area contributed by atoms with Gasteiger partial charge in [-0.05, 0) is 48.4 Å². The van der Waals surface area contributed by atoms with Gasteiger partial charge < -0.3 is 13.9 Å². The number of carbonyl (C=O) groups excluding carboxylic acids is 1. The number of hydrogen-bond donors (Lipinski definition) is 1. The van der Waals surface area contributed by atoms with Crippen molar-refractivity contribution in [2.24, 2.45) is 5.10 Å². The number of aryl methyl sites for hydroxylation is 1. The molecule has 0 saturated heterocycles. The summed E-state index contributed by atoms with van der Waals surface area (Å²) < 4.78 is 16.4. The highest BCUT2D eigenvalue weighted by Crippen LogP contribution is 2.18. The molecule has 0 atom stereocenters. The summed E-state index contributed by atoms with van der Waals surface area (Å²) in [5, 5.41) is 3.93. The molecule has 6 heteroatoms. The Morgan fingerprint density at radius 1 is 1.04 bits per heavy atom. The van der Waals surface area contributed by atoms with Gasteiger partial charge in [0.15, 0.2) is 0 Å². The van der Waals surface area contributed by atoms with E-state index < -0.39 is 0 Å². The van der Waals surface area contributed by atoms with Gasteiger partial charge in [-0.15, -0.1) is 0 Å². The number of furan rings is 1. The van der Waals surface area contributed by atoms with Crippen molar-refractivity contribution in [3.05, 3.63) is 83.8 Å². The summed E-state index contributed by atoms with van der Waals surface area (Å²) in [6.45, 7) is 0.295. The van der Waals surface area contributed by atoms with Gasteiger partial charge in [0.25, 0.3) is 0 Å². The van der Waals surface area contributed by atoms with Crippen molar-refractivity contribution in [3.8, 4) is 11.5 Å². The Balaban J connectivity index is 1.41. The molecule has 3 aromatic rings. The highest BCUT2D eigenvalue weighted by atomic mass is 16.5. The second-order valence-corrected chi connectivity index (χ2v) is 6.05. The van der Waals surface area contributed by atoms with Gasteiger partial charge in [0.1, 0.15) is 29.6 Å². The Labute approximate surface area is 163 Å². The molecule has 0 spiro atoms. The zero-order valence-corrected chi connectivity index (χ0v) is 15.6. The van der Waals surface area contributed by atoms with E-state index >= 15 is 0 Å². The van der Waals surface area contributed by atoms with Gasteiger partial charge in [-0.1, -0.05) is 30.3 Å². The SMILES string of the molecule is COc1ccc(OCc2ccc(/C=N\NC(=O)CCc3ccccc3)o2)cc1. The van der Waals surface area contributed by atoms with Crippen LogP contribution in [-0.2, 0) is 17.8 Å². The van der Waals surface area contributed by atoms with Crippen molar-refractivity contribution >= 4 is 12.1 Å². The third-order valence-electron chi connectivity index (χ3n) is 3.99. The second-order valence-electron chi connectivity index (χ2n) is 6.05. The molecule has 1 aromatic heterocycles. The molecule has 0 aliphatic heterocycles. The average Bonchev–Trinajstić information content (AvgIpc) is 3.19. The highest BCUT2D eigenvalue weighted by molar-refractivity contribution is 5.80. The van der Waals surface area contributed by atoms with E-state index in [1.165, 1.54) is 6.21 Å². The van der Waals surface area contributed by atoms with Crippen molar-refractivity contribution in [2.45, 2.75) is 19.4 Å². The number of benzene rings is 2. The maximum Gasteiger partial charge on any atom is 0.240 e. The van der Waals surface area contributed by atoms with Crippen LogP contribution in [-0.4, -0.2) is 19.2 Å². The van der Waals surface area contributed by atoms with Crippen LogP contribution in [0.3, 0.4) is 0 Å². The molecule has 1 amide bonds. The van der Waals surface area contributed by atoms with Gasteiger partial charge in [0, 0.05) is 6.42 Å². The number of nitrogens with one attached hydrogen (secondary N) is 1. The molecule has 0 aliphatic carbocycles. The van der Waals surface area contributed by atoms with Crippen LogP contribution in [0.4, 0.5) is 0 Å². The summed E-state index contributed by atoms with van der Waals surface area (Å²) in [5.74, 6) is 2.55. The maximum absolute atomic E-state index is 11.8. The van der Waals surface area contributed by atoms with Crippen molar-refractivity contribution in [3.63, 3.8) is 0 Å². The fraction of sp³-hybridized carbons (Fsp3) is 0.182. The van der Waals surface area contributed by atoms with Gasteiger partial charge in [0.2, 0.25) is 5.91 Å². The standard InChI is InChI=1S/C22H22N2O4/c1-26-18-8-10-19(11-9-18)27-16-21-13-12-20(28-21)15-23-24-22(25)14-7-17-5-3-2-4-6-17/h2-6,8-13,15H,7,14,16H2,1H3,(H,24,25)/b23-15-. The normalized spacial score (nSPS) is 10.8. The first kappa shape index (κ1) is 19.2. The summed E-state index contributed by atoms with van der Waals surface area (Å²) in [4.78, 5) is 11.8. The maximum atomic E-state index is 11.8. The Kier molecular flexibility index (Phi) is 6.84. The monoisotopic (exact) mass is 378 g/mol. The fourth-order valence-electron chi connectivity index (χ4n) is 2.49. The van der Waals surface area contributed by atoms with E-state index in [0.717, 1.165) is 17.1 Å². The predicted octanol–water partition coefficient (Wildman–Crippen LogP) is 3.95. The molecule has 28 heavy (non-hydrogen) atoms. The van der Waals surface area contributed by atoms with E-state index in [4.69, 9.17) is 13.9 Å². The molecule has 0 fully saturated rings. The molecule has 0 aliphatic rings. The molecule has 1 N–H and O–H groups in total. The van der Waals surface area contributed by atoms with Gasteiger partial charge in [-0.3, -0.25) is 4.79 Å². The van der Waals surface area contributed by atoms with Crippen molar-refractivity contribution in [1.29, 1.82) is 0 Å². The van der Waals surface area contributed by atoms with Gasteiger partial charge in [-0.2, -0.15) is 5.10 Å². The number of hydrazone groups is 1. The Morgan fingerprint density at radius 2 is 1.79 bits per heavy atom. The number of carbonyl (C=O) groups is 1. The first-order valence-corrected chi connectivity index (χ1v) is 8.94. The molecule has 0 unspecified atom stereocenters. The molecular formula is C22H22N2O4. The van der Waals surface area contributed by atoms with E-state index in [0.29, 0.717) is 31.0 Å². The highest BCUT2D eigenvalue weighted by Gasteiger charge is 2.03. The van der Waals surface area contributed by atoms with Crippen LogP contribution >= 0.6 is 0 Å². The topological polar surface area (TPSA) is 73.1 Å². The minimum absolute atomic E-state index is 0.144. The van der Waals surface area contributed by atoms with Crippen molar-refractivity contribution in [1.82, 2.24) is 5.43 Å². The van der Waals surface area contributed by atoms with E-state index in [-0.39, 0.29) is 5.91 Å². The van der Waals surface area contributed by atoms with Crippen LogP contribution in [0.5, 0.6) is 11.5 Å². The summed E-state index contributed by atoms with van der Waals surface area (Å²) in [6, 6.07) is 20.7. The first-order valence-electron chi connectivity index (χ1n) is 8.94. The van der Waals surface area contributed by atoms with Crippen LogP contribution in [0.15, 0.2) is 76.2 Å². The number of ether oxygens (including phenoxy) is 2. The number of amides is 1. The summed E-state index contributed by atoms with van der Waals surface area (Å²) >= 11 is 0. The fourth-order valence-corrected chi connectivity index (χ4v) is 2.49. The summed E-state index contributed by atoms with van der Waals surface area (Å²) in [7, 11) is 1.62. The molecular weight excluding hydrogens is 356 g/mol. The van der Waals surface area contributed by atoms with E-state index in [9.17, 15) is 4.79 Å². The van der Waals surface area contributed by atoms with Crippen LogP contribution in [0.2, 0.25) is 0 Å². The van der Waals surface area contributed by atoms with Crippen molar-refractivity contribution < 1.29 is 18.7 Å². The number of methoxy groups -OCH3 is 1. The summed E-state index contributed by atoms with van der Waals surface area (Å²) in [5.41, 5.74) is 3.63. The molecule has 1 heterocycles. The zero-order valence-electron chi connectivity index (χ0n) is 15.6. The number of rotatable bonds is 9. The van der Waals surface area contributed by atoms with Crippen LogP contribution in [0.25, 0.3) is 0 Å². The Hall–Kier alpha value is -3.54. The lowest BCUT2D eigenvalue weighted by atomic mass is 10.1. The zero-order chi connectivity index (χ0) is 19.6. The second kappa shape index (κ2) is 9.97. The molecule has 6 nitrogen and oxygen atoms in total. The predicted molar refractivity (Wildman–Crippen MR) is 107 cm³/mol. The summed E-state index contributed by atoms with van der Waals surface area (Å²) in [6.07, 6.45) is 2.52. The van der Waals surface area contributed by atoms with E-state index in [1.807, 2.05) is 60.7 Å². The lowest BCUT2D eigenvalue weighted by molar-refractivity contribution is -0.121. The van der Waals surface area contributed by atoms with Crippen molar-refractivity contribution in [2.75, 3.05) is 7.11 Å². The number of nitrogens with zero attached hydrogens (tertiary/aromatic N) is 1. The van der Waals surface area contributed by atoms with Gasteiger partial charge in [-0.25, -0.2) is 5.43 Å². The van der Waals surface area contributed by atoms with Crippen LogP contribution in [0.1, 0.15) is 23.5 Å². The largest absolute Gasteiger partial charge is 0.497 e. The quantitative estimate of drug-likeness (QED) is 0.452.